The summed E-state index contributed by atoms with van der Waals surface area (Å²) in [5.41, 5.74) is 13.1. The van der Waals surface area contributed by atoms with Crippen LogP contribution in [0.15, 0.2) is 132 Å². The largest absolute Gasteiger partial charge is 0.455 e. The van der Waals surface area contributed by atoms with Crippen molar-refractivity contribution in [3.05, 3.63) is 139 Å². The van der Waals surface area contributed by atoms with Crippen LogP contribution in [0.5, 0.6) is 0 Å². The van der Waals surface area contributed by atoms with Gasteiger partial charge in [0.2, 0.25) is 0 Å². The molecule has 2 heterocycles. The maximum absolute atomic E-state index is 6.49. The number of nitrogens with zero attached hydrogens (tertiary/aromatic N) is 1. The zero-order valence-corrected chi connectivity index (χ0v) is 23.0. The standard InChI is InChI=1S/C39H27NO/c1-39(2)32-21-20-30-29-13-7-9-15-36(29)41-38(30)37(32)31-19-17-24(22-33(31)39)25-16-18-28-27-12-6-8-14-34(27)40(35(28)23-25)26-10-4-3-5-11-26/h3-23H,1-2H3. The third-order valence-corrected chi connectivity index (χ3v) is 9.20. The quantitative estimate of drug-likeness (QED) is 0.219. The normalized spacial score (nSPS) is 13.8. The van der Waals surface area contributed by atoms with Gasteiger partial charge < -0.3 is 8.98 Å². The number of fused-ring (bicyclic) bond motifs is 10. The highest BCUT2D eigenvalue weighted by molar-refractivity contribution is 6.12. The van der Waals surface area contributed by atoms with Gasteiger partial charge in [0, 0.05) is 38.2 Å². The van der Waals surface area contributed by atoms with Gasteiger partial charge in [-0.1, -0.05) is 105 Å². The van der Waals surface area contributed by atoms with Crippen molar-refractivity contribution < 1.29 is 4.42 Å². The van der Waals surface area contributed by atoms with E-state index in [4.69, 9.17) is 4.42 Å². The first-order chi connectivity index (χ1) is 20.1. The van der Waals surface area contributed by atoms with Crippen molar-refractivity contribution >= 4 is 43.7 Å². The third kappa shape index (κ3) is 3.02. The molecule has 1 aliphatic carbocycles. The molecule has 0 radical (unpaired) electrons. The first-order valence-electron chi connectivity index (χ1n) is 14.3. The number of rotatable bonds is 2. The summed E-state index contributed by atoms with van der Waals surface area (Å²) in [5.74, 6) is 0. The highest BCUT2D eigenvalue weighted by Crippen LogP contribution is 2.53. The van der Waals surface area contributed by atoms with E-state index >= 15 is 0 Å². The van der Waals surface area contributed by atoms with Crippen molar-refractivity contribution in [2.24, 2.45) is 0 Å². The minimum Gasteiger partial charge on any atom is -0.455 e. The Bertz CT molecular complexity index is 2330. The molecule has 0 saturated carbocycles. The molecule has 0 bridgehead atoms. The van der Waals surface area contributed by atoms with E-state index < -0.39 is 0 Å². The molecule has 0 spiro atoms. The van der Waals surface area contributed by atoms with Gasteiger partial charge in [-0.3, -0.25) is 0 Å². The van der Waals surface area contributed by atoms with E-state index in [0.29, 0.717) is 0 Å². The Morgan fingerprint density at radius 1 is 0.537 bits per heavy atom. The molecule has 8 aromatic rings. The summed E-state index contributed by atoms with van der Waals surface area (Å²) in [7, 11) is 0. The maximum Gasteiger partial charge on any atom is 0.143 e. The van der Waals surface area contributed by atoms with Crippen molar-refractivity contribution in [2.75, 3.05) is 0 Å². The van der Waals surface area contributed by atoms with E-state index in [0.717, 1.165) is 11.2 Å². The monoisotopic (exact) mass is 525 g/mol. The first-order valence-corrected chi connectivity index (χ1v) is 14.3. The molecule has 194 valence electrons. The summed E-state index contributed by atoms with van der Waals surface area (Å²) >= 11 is 0. The lowest BCUT2D eigenvalue weighted by Crippen LogP contribution is -2.14. The van der Waals surface area contributed by atoms with Crippen LogP contribution < -0.4 is 0 Å². The van der Waals surface area contributed by atoms with Crippen LogP contribution in [0.3, 0.4) is 0 Å². The molecule has 2 heteroatoms. The molecule has 0 amide bonds. The number of furan rings is 1. The fourth-order valence-corrected chi connectivity index (χ4v) is 7.19. The van der Waals surface area contributed by atoms with E-state index in [1.54, 1.807) is 0 Å². The van der Waals surface area contributed by atoms with E-state index in [-0.39, 0.29) is 5.41 Å². The Hall–Kier alpha value is -5.08. The summed E-state index contributed by atoms with van der Waals surface area (Å²) < 4.78 is 8.88. The van der Waals surface area contributed by atoms with Crippen molar-refractivity contribution in [3.8, 4) is 27.9 Å². The zero-order chi connectivity index (χ0) is 27.3. The lowest BCUT2D eigenvalue weighted by molar-refractivity contribution is 0.653. The van der Waals surface area contributed by atoms with Crippen molar-refractivity contribution in [2.45, 2.75) is 19.3 Å². The zero-order valence-electron chi connectivity index (χ0n) is 23.0. The molecule has 2 aromatic heterocycles. The molecule has 0 aliphatic heterocycles. The van der Waals surface area contributed by atoms with E-state index in [2.05, 4.69) is 140 Å². The van der Waals surface area contributed by atoms with Crippen LogP contribution in [-0.4, -0.2) is 4.57 Å². The number of hydrogen-bond acceptors (Lipinski definition) is 1. The second-order valence-electron chi connectivity index (χ2n) is 11.8. The van der Waals surface area contributed by atoms with Crippen LogP contribution in [0.1, 0.15) is 25.0 Å². The SMILES string of the molecule is CC1(C)c2cc(-c3ccc4c5ccccc5n(-c5ccccc5)c4c3)ccc2-c2c1ccc1c2oc2ccccc21. The summed E-state index contributed by atoms with van der Waals surface area (Å²) in [5, 5.41) is 4.91. The Balaban J connectivity index is 1.26. The average molecular weight is 526 g/mol. The summed E-state index contributed by atoms with van der Waals surface area (Å²) in [4.78, 5) is 0. The minimum atomic E-state index is -0.128. The van der Waals surface area contributed by atoms with Gasteiger partial charge in [-0.15, -0.1) is 0 Å². The molecule has 0 unspecified atom stereocenters. The van der Waals surface area contributed by atoms with E-state index in [1.807, 2.05) is 6.07 Å². The lowest BCUT2D eigenvalue weighted by atomic mass is 9.81. The second kappa shape index (κ2) is 7.99. The van der Waals surface area contributed by atoms with E-state index in [9.17, 15) is 0 Å². The van der Waals surface area contributed by atoms with E-state index in [1.165, 1.54) is 71.6 Å². The van der Waals surface area contributed by atoms with Crippen molar-refractivity contribution in [1.29, 1.82) is 0 Å². The predicted molar refractivity (Wildman–Crippen MR) is 171 cm³/mol. The lowest BCUT2D eigenvalue weighted by Gasteiger charge is -2.22. The Morgan fingerprint density at radius 2 is 1.22 bits per heavy atom. The predicted octanol–water partition coefficient (Wildman–Crippen LogP) is 10.7. The fourth-order valence-electron chi connectivity index (χ4n) is 7.19. The molecular formula is C39H27NO. The molecular weight excluding hydrogens is 498 g/mol. The van der Waals surface area contributed by atoms with Gasteiger partial charge >= 0.3 is 0 Å². The van der Waals surface area contributed by atoms with Gasteiger partial charge in [-0.2, -0.15) is 0 Å². The summed E-state index contributed by atoms with van der Waals surface area (Å²) in [6.07, 6.45) is 0. The van der Waals surface area contributed by atoms with Gasteiger partial charge in [0.1, 0.15) is 11.2 Å². The number of benzene rings is 6. The van der Waals surface area contributed by atoms with Crippen LogP contribution in [-0.2, 0) is 5.41 Å². The van der Waals surface area contributed by atoms with Gasteiger partial charge in [0.05, 0.1) is 11.0 Å². The third-order valence-electron chi connectivity index (χ3n) is 9.20. The highest BCUT2D eigenvalue weighted by atomic mass is 16.3. The van der Waals surface area contributed by atoms with Gasteiger partial charge in [0.15, 0.2) is 0 Å². The number of hydrogen-bond donors (Lipinski definition) is 0. The first kappa shape index (κ1) is 22.7. The second-order valence-corrected chi connectivity index (χ2v) is 11.8. The van der Waals surface area contributed by atoms with Crippen LogP contribution in [0.25, 0.3) is 71.7 Å². The van der Waals surface area contributed by atoms with Gasteiger partial charge in [-0.05, 0) is 64.2 Å². The van der Waals surface area contributed by atoms with Crippen molar-refractivity contribution in [3.63, 3.8) is 0 Å². The molecule has 0 fully saturated rings. The molecule has 1 aliphatic rings. The minimum absolute atomic E-state index is 0.128. The molecule has 0 atom stereocenters. The molecule has 2 nitrogen and oxygen atoms in total. The van der Waals surface area contributed by atoms with Crippen LogP contribution >= 0.6 is 0 Å². The number of para-hydroxylation sites is 3. The molecule has 0 N–H and O–H groups in total. The fraction of sp³-hybridized carbons (Fsp3) is 0.0769. The molecule has 9 rings (SSSR count). The molecule has 6 aromatic carbocycles. The van der Waals surface area contributed by atoms with Crippen LogP contribution in [0, 0.1) is 0 Å². The van der Waals surface area contributed by atoms with Gasteiger partial charge in [0.25, 0.3) is 0 Å². The smallest absolute Gasteiger partial charge is 0.143 e. The Kier molecular flexibility index (Phi) is 4.42. The van der Waals surface area contributed by atoms with Crippen LogP contribution in [0.4, 0.5) is 0 Å². The molecule has 0 saturated heterocycles. The highest BCUT2D eigenvalue weighted by Gasteiger charge is 2.38. The average Bonchev–Trinajstić information content (AvgIpc) is 3.63. The molecule has 41 heavy (non-hydrogen) atoms. The van der Waals surface area contributed by atoms with Crippen molar-refractivity contribution in [1.82, 2.24) is 4.57 Å². The number of aromatic nitrogens is 1. The Labute approximate surface area is 238 Å². The topological polar surface area (TPSA) is 18.1 Å². The maximum atomic E-state index is 6.49. The van der Waals surface area contributed by atoms with Gasteiger partial charge in [-0.25, -0.2) is 0 Å². The Morgan fingerprint density at radius 3 is 2.10 bits per heavy atom. The van der Waals surface area contributed by atoms with Crippen LogP contribution in [0.2, 0.25) is 0 Å². The summed E-state index contributed by atoms with van der Waals surface area (Å²) in [6.45, 7) is 4.68. The summed E-state index contributed by atoms with van der Waals surface area (Å²) in [6, 6.07) is 46.2.